The van der Waals surface area contributed by atoms with Gasteiger partial charge in [-0.05, 0) is 84.9 Å². The van der Waals surface area contributed by atoms with Crippen molar-refractivity contribution < 1.29 is 39.9 Å². The largest absolute Gasteiger partial charge is 0.490 e. The van der Waals surface area contributed by atoms with E-state index in [2.05, 4.69) is 33.8 Å². The van der Waals surface area contributed by atoms with Gasteiger partial charge in [0.1, 0.15) is 24.1 Å². The molecule has 6 rings (SSSR count). The van der Waals surface area contributed by atoms with Gasteiger partial charge in [0.2, 0.25) is 0 Å². The second kappa shape index (κ2) is 17.8. The van der Waals surface area contributed by atoms with Crippen molar-refractivity contribution in [3.8, 4) is 16.9 Å². The first-order valence-corrected chi connectivity index (χ1v) is 19.5. The molecule has 1 aliphatic heterocycles. The standard InChI is InChI=1S/C38H48ClN5O8S/c39-30-9-8-26(53-19-3-15-43(17-18-44-16-14-41-37(44)51)36(50)35(49)34(48)33(47)31(46)23-45)20-24(30)21-42-38(11-12-38)29-22-40-13-10-27(29)28-4-1-2-5-32(28)52-25-6-7-25/h1-2,4-5,8-10,13,20,22,25,31,33-35,42,45-49H,3,6-7,11-12,14-19,21,23H2,(H,41,51). The molecule has 2 aliphatic carbocycles. The smallest absolute Gasteiger partial charge is 0.317 e. The van der Waals surface area contributed by atoms with Crippen LogP contribution in [0.2, 0.25) is 5.02 Å². The molecule has 7 N–H and O–H groups in total. The molecule has 3 aliphatic rings. The molecule has 2 aromatic carbocycles. The number of halogens is 1. The summed E-state index contributed by atoms with van der Waals surface area (Å²) in [5, 5.41) is 57.0. The summed E-state index contributed by atoms with van der Waals surface area (Å²) in [6.07, 6.45) is 0.944. The Bertz CT molecular complexity index is 1730. The number of benzene rings is 2. The van der Waals surface area contributed by atoms with Crippen LogP contribution < -0.4 is 15.4 Å². The van der Waals surface area contributed by atoms with Crippen molar-refractivity contribution in [2.45, 2.75) is 79.6 Å². The zero-order chi connectivity index (χ0) is 37.5. The van der Waals surface area contributed by atoms with E-state index in [9.17, 15) is 30.0 Å². The summed E-state index contributed by atoms with van der Waals surface area (Å²) in [5.41, 5.74) is 4.02. The van der Waals surface area contributed by atoms with Crippen LogP contribution in [0.4, 0.5) is 4.79 Å². The molecule has 0 radical (unpaired) electrons. The minimum Gasteiger partial charge on any atom is -0.490 e. The molecule has 53 heavy (non-hydrogen) atoms. The number of urea groups is 1. The van der Waals surface area contributed by atoms with Crippen LogP contribution in [0, 0.1) is 0 Å². The molecule has 3 fully saturated rings. The molecule has 0 spiro atoms. The number of amides is 3. The van der Waals surface area contributed by atoms with E-state index in [0.29, 0.717) is 36.8 Å². The average Bonchev–Trinajstić information content (AvgIpc) is 4.12. The van der Waals surface area contributed by atoms with Gasteiger partial charge >= 0.3 is 6.03 Å². The maximum Gasteiger partial charge on any atom is 0.317 e. The number of hydrogen-bond donors (Lipinski definition) is 7. The Hall–Kier alpha value is -3.47. The van der Waals surface area contributed by atoms with Crippen molar-refractivity contribution in [1.29, 1.82) is 0 Å². The van der Waals surface area contributed by atoms with E-state index in [4.69, 9.17) is 21.4 Å². The second-order valence-corrected chi connectivity index (χ2v) is 15.4. The number of pyridine rings is 1. The van der Waals surface area contributed by atoms with Crippen molar-refractivity contribution in [1.82, 2.24) is 25.4 Å². The van der Waals surface area contributed by atoms with Gasteiger partial charge in [-0.3, -0.25) is 9.78 Å². The Labute approximate surface area is 318 Å². The van der Waals surface area contributed by atoms with E-state index < -0.39 is 36.9 Å². The molecule has 2 saturated carbocycles. The van der Waals surface area contributed by atoms with Gasteiger partial charge < -0.3 is 50.7 Å². The van der Waals surface area contributed by atoms with E-state index in [1.807, 2.05) is 42.7 Å². The molecule has 1 saturated heterocycles. The Morgan fingerprint density at radius 1 is 1.09 bits per heavy atom. The van der Waals surface area contributed by atoms with E-state index in [1.54, 1.807) is 16.7 Å². The lowest BCUT2D eigenvalue weighted by Crippen LogP contribution is -2.53. The maximum atomic E-state index is 13.3. The zero-order valence-electron chi connectivity index (χ0n) is 29.4. The van der Waals surface area contributed by atoms with Crippen LogP contribution in [0.15, 0.2) is 65.8 Å². The summed E-state index contributed by atoms with van der Waals surface area (Å²) in [6.45, 7) is 1.17. The molecule has 13 nitrogen and oxygen atoms in total. The fourth-order valence-corrected chi connectivity index (χ4v) is 7.56. The van der Waals surface area contributed by atoms with E-state index in [1.165, 1.54) is 4.90 Å². The van der Waals surface area contributed by atoms with Gasteiger partial charge in [0, 0.05) is 72.7 Å². The first kappa shape index (κ1) is 39.2. The first-order chi connectivity index (χ1) is 25.6. The molecule has 1 aromatic heterocycles. The van der Waals surface area contributed by atoms with E-state index in [0.717, 1.165) is 58.6 Å². The van der Waals surface area contributed by atoms with Crippen LogP contribution >= 0.6 is 23.4 Å². The molecule has 15 heteroatoms. The summed E-state index contributed by atoms with van der Waals surface area (Å²) >= 11 is 8.28. The summed E-state index contributed by atoms with van der Waals surface area (Å²) in [4.78, 5) is 33.7. The Morgan fingerprint density at radius 3 is 2.60 bits per heavy atom. The van der Waals surface area contributed by atoms with Crippen LogP contribution in [0.5, 0.6) is 5.75 Å². The van der Waals surface area contributed by atoms with Crippen molar-refractivity contribution in [2.24, 2.45) is 0 Å². The SMILES string of the molecule is O=C1NCCN1CCN(CCCSc1ccc(Cl)c(CNC2(c3cnccc3-c3ccccc3OC3CC3)CC2)c1)C(=O)C(O)C(O)C(O)C(O)CO. The molecule has 2 heterocycles. The molecular weight excluding hydrogens is 722 g/mol. The number of carbonyl (C=O) groups is 2. The van der Waals surface area contributed by atoms with Crippen LogP contribution in [0.25, 0.3) is 11.1 Å². The molecule has 0 bridgehead atoms. The van der Waals surface area contributed by atoms with Crippen molar-refractivity contribution >= 4 is 35.3 Å². The lowest BCUT2D eigenvalue weighted by atomic mass is 9.94. The number of aromatic nitrogens is 1. The third-order valence-electron chi connectivity index (χ3n) is 9.96. The van der Waals surface area contributed by atoms with Crippen LogP contribution in [0.1, 0.15) is 43.2 Å². The normalized spacial score (nSPS) is 18.6. The van der Waals surface area contributed by atoms with Gasteiger partial charge in [0.25, 0.3) is 5.91 Å². The third kappa shape index (κ3) is 9.80. The molecule has 4 unspecified atom stereocenters. The number of nitrogens with one attached hydrogen (secondary N) is 2. The number of aliphatic hydroxyl groups excluding tert-OH is 5. The highest BCUT2D eigenvalue weighted by atomic mass is 35.5. The maximum absolute atomic E-state index is 13.3. The minimum absolute atomic E-state index is 0.0929. The first-order valence-electron chi connectivity index (χ1n) is 18.1. The van der Waals surface area contributed by atoms with Gasteiger partial charge in [-0.2, -0.15) is 0 Å². The fourth-order valence-electron chi connectivity index (χ4n) is 6.47. The third-order valence-corrected chi connectivity index (χ3v) is 11.4. The topological polar surface area (TPSA) is 188 Å². The molecule has 286 valence electrons. The number of hydrogen-bond acceptors (Lipinski definition) is 11. The number of para-hydroxylation sites is 1. The number of thioether (sulfide) groups is 1. The highest BCUT2D eigenvalue weighted by molar-refractivity contribution is 7.99. The zero-order valence-corrected chi connectivity index (χ0v) is 31.0. The summed E-state index contributed by atoms with van der Waals surface area (Å²) in [7, 11) is 0. The minimum atomic E-state index is -2.04. The average molecular weight is 770 g/mol. The monoisotopic (exact) mass is 769 g/mol. The summed E-state index contributed by atoms with van der Waals surface area (Å²) < 4.78 is 6.26. The molecule has 3 aromatic rings. The lowest BCUT2D eigenvalue weighted by Gasteiger charge is -2.31. The molecular formula is C38H48ClN5O8S. The van der Waals surface area contributed by atoms with Crippen LogP contribution in [0.3, 0.4) is 0 Å². The number of nitrogens with zero attached hydrogens (tertiary/aromatic N) is 3. The van der Waals surface area contributed by atoms with Gasteiger partial charge in [0.05, 0.1) is 12.7 Å². The molecule has 3 amide bonds. The number of aliphatic hydroxyl groups is 5. The highest BCUT2D eigenvalue weighted by Crippen LogP contribution is 2.50. The van der Waals surface area contributed by atoms with Gasteiger partial charge in [-0.15, -0.1) is 11.8 Å². The highest BCUT2D eigenvalue weighted by Gasteiger charge is 2.46. The predicted octanol–water partition coefficient (Wildman–Crippen LogP) is 2.49. The van der Waals surface area contributed by atoms with E-state index in [-0.39, 0.29) is 37.3 Å². The van der Waals surface area contributed by atoms with Crippen molar-refractivity contribution in [2.75, 3.05) is 45.1 Å². The van der Waals surface area contributed by atoms with E-state index >= 15 is 0 Å². The van der Waals surface area contributed by atoms with Crippen molar-refractivity contribution in [3.63, 3.8) is 0 Å². The lowest BCUT2D eigenvalue weighted by molar-refractivity contribution is -0.158. The van der Waals surface area contributed by atoms with Crippen molar-refractivity contribution in [3.05, 3.63) is 77.1 Å². The molecule has 4 atom stereocenters. The number of ether oxygens (including phenoxy) is 1. The number of rotatable bonds is 20. The Balaban J connectivity index is 1.07. The summed E-state index contributed by atoms with van der Waals surface area (Å²) in [6, 6.07) is 15.9. The Kier molecular flexibility index (Phi) is 13.2. The quantitative estimate of drug-likeness (QED) is 0.0661. The van der Waals surface area contributed by atoms with Crippen LogP contribution in [-0.2, 0) is 16.9 Å². The Morgan fingerprint density at radius 2 is 1.89 bits per heavy atom. The fraction of sp³-hybridized carbons (Fsp3) is 0.500. The number of carbonyl (C=O) groups excluding carboxylic acids is 2. The van der Waals surface area contributed by atoms with Gasteiger partial charge in [0.15, 0.2) is 6.10 Å². The van der Waals surface area contributed by atoms with Gasteiger partial charge in [-0.25, -0.2) is 4.79 Å². The predicted molar refractivity (Wildman–Crippen MR) is 201 cm³/mol. The second-order valence-electron chi connectivity index (χ2n) is 13.8. The van der Waals surface area contributed by atoms with Crippen LogP contribution in [-0.4, -0.2) is 128 Å². The van der Waals surface area contributed by atoms with Gasteiger partial charge in [-0.1, -0.05) is 29.8 Å². The summed E-state index contributed by atoms with van der Waals surface area (Å²) in [5.74, 6) is 0.650.